The molecule has 0 spiro atoms. The maximum Gasteiger partial charge on any atom is 0.307 e. The van der Waals surface area contributed by atoms with Crippen LogP contribution in [-0.2, 0) is 17.1 Å². The lowest BCUT2D eigenvalue weighted by Gasteiger charge is -2.19. The van der Waals surface area contributed by atoms with E-state index in [2.05, 4.69) is 5.10 Å². The lowest BCUT2D eigenvalue weighted by atomic mass is 10.1. The van der Waals surface area contributed by atoms with E-state index in [9.17, 15) is 23.3 Å². The molecular weight excluding hydrogens is 436 g/mol. The zero-order valence-corrected chi connectivity index (χ0v) is 18.0. The first-order valence-corrected chi connectivity index (χ1v) is 10.7. The van der Waals surface area contributed by atoms with Crippen molar-refractivity contribution in [2.24, 2.45) is 7.05 Å². The predicted octanol–water partition coefficient (Wildman–Crippen LogP) is 3.46. The Morgan fingerprint density at radius 3 is 2.47 bits per heavy atom. The quantitative estimate of drug-likeness (QED) is 0.428. The van der Waals surface area contributed by atoms with Gasteiger partial charge in [-0.2, -0.15) is 9.40 Å². The molecule has 2 aromatic heterocycles. The molecule has 1 amide bonds. The molecule has 0 atom stereocenters. The van der Waals surface area contributed by atoms with Gasteiger partial charge in [0.1, 0.15) is 11.4 Å². The highest BCUT2D eigenvalue weighted by Crippen LogP contribution is 2.34. The molecule has 30 heavy (non-hydrogen) atoms. The summed E-state index contributed by atoms with van der Waals surface area (Å²) in [6.07, 6.45) is 0.894. The molecule has 158 valence electrons. The molecule has 2 heterocycles. The van der Waals surface area contributed by atoms with Gasteiger partial charge in [-0.3, -0.25) is 19.6 Å². The van der Waals surface area contributed by atoms with Crippen LogP contribution in [0, 0.1) is 24.0 Å². The van der Waals surface area contributed by atoms with Crippen molar-refractivity contribution in [3.8, 4) is 11.3 Å². The summed E-state index contributed by atoms with van der Waals surface area (Å²) in [6, 6.07) is 6.60. The number of amides is 1. The van der Waals surface area contributed by atoms with Crippen LogP contribution < -0.4 is 4.31 Å². The van der Waals surface area contributed by atoms with Crippen LogP contribution in [-0.4, -0.2) is 35.3 Å². The predicted molar refractivity (Wildman–Crippen MR) is 110 cm³/mol. The first kappa shape index (κ1) is 21.5. The summed E-state index contributed by atoms with van der Waals surface area (Å²) in [4.78, 5) is 23.8. The van der Waals surface area contributed by atoms with Gasteiger partial charge in [-0.1, -0.05) is 11.6 Å². The number of hydrogen-bond donors (Lipinski definition) is 0. The molecule has 0 radical (unpaired) electrons. The second kappa shape index (κ2) is 7.58. The van der Waals surface area contributed by atoms with Crippen molar-refractivity contribution in [3.63, 3.8) is 0 Å². The normalized spacial score (nSPS) is 11.5. The minimum atomic E-state index is -4.03. The number of halogens is 1. The molecule has 10 nitrogen and oxygen atoms in total. The Morgan fingerprint density at radius 2 is 1.93 bits per heavy atom. The van der Waals surface area contributed by atoms with E-state index in [1.165, 1.54) is 28.9 Å². The topological polar surface area (TPSA) is 129 Å². The summed E-state index contributed by atoms with van der Waals surface area (Å²) in [6.45, 7) is 3.21. The zero-order valence-electron chi connectivity index (χ0n) is 16.4. The van der Waals surface area contributed by atoms with Gasteiger partial charge in [0.2, 0.25) is 10.0 Å². The average Bonchev–Trinajstić information content (AvgIpc) is 3.21. The van der Waals surface area contributed by atoms with Crippen LogP contribution in [0.2, 0.25) is 5.02 Å². The van der Waals surface area contributed by atoms with Gasteiger partial charge in [-0.25, -0.2) is 8.42 Å². The van der Waals surface area contributed by atoms with E-state index in [1.54, 1.807) is 20.9 Å². The van der Waals surface area contributed by atoms with Gasteiger partial charge < -0.3 is 4.42 Å². The number of nitrogens with zero attached hydrogens (tertiary/aromatic N) is 4. The second-order valence-electron chi connectivity index (χ2n) is 6.56. The molecule has 12 heteroatoms. The molecule has 3 rings (SSSR count). The minimum absolute atomic E-state index is 0.0230. The molecule has 0 fully saturated rings. The molecule has 0 aliphatic heterocycles. The standard InChI is InChI=1S/C18H17ClN4O6S/c1-10-17(11(2)21(3)20-10)22(30(4,27)28)18(24)16-8-7-15(29-16)13-6-5-12(19)9-14(13)23(25)26/h5-9H,1-4H3. The fourth-order valence-electron chi connectivity index (χ4n) is 3.04. The Kier molecular flexibility index (Phi) is 5.44. The van der Waals surface area contributed by atoms with Crippen molar-refractivity contribution in [1.82, 2.24) is 9.78 Å². The number of carbonyl (C=O) groups excluding carboxylic acids is 1. The van der Waals surface area contributed by atoms with Crippen LogP contribution in [0.3, 0.4) is 0 Å². The molecule has 0 bridgehead atoms. The number of carbonyl (C=O) groups is 1. The number of nitro groups is 1. The molecule has 0 aliphatic carbocycles. The van der Waals surface area contributed by atoms with Gasteiger partial charge in [0, 0.05) is 18.1 Å². The summed E-state index contributed by atoms with van der Waals surface area (Å²) in [7, 11) is -2.41. The third-order valence-electron chi connectivity index (χ3n) is 4.43. The van der Waals surface area contributed by atoms with Gasteiger partial charge in [0.15, 0.2) is 5.76 Å². The van der Waals surface area contributed by atoms with Crippen LogP contribution in [0.1, 0.15) is 21.9 Å². The first-order valence-electron chi connectivity index (χ1n) is 8.50. The van der Waals surface area contributed by atoms with Crippen LogP contribution >= 0.6 is 11.6 Å². The number of aryl methyl sites for hydroxylation is 2. The Balaban J connectivity index is 2.10. The molecule has 3 aromatic rings. The average molecular weight is 453 g/mol. The number of sulfonamides is 1. The maximum atomic E-state index is 13.1. The van der Waals surface area contributed by atoms with E-state index in [-0.39, 0.29) is 33.5 Å². The molecule has 0 saturated carbocycles. The van der Waals surface area contributed by atoms with Crippen LogP contribution in [0.15, 0.2) is 34.7 Å². The van der Waals surface area contributed by atoms with Crippen molar-refractivity contribution < 1.29 is 22.6 Å². The number of furan rings is 1. The van der Waals surface area contributed by atoms with Gasteiger partial charge in [-0.05, 0) is 38.1 Å². The summed E-state index contributed by atoms with van der Waals surface area (Å²) in [5, 5.41) is 15.7. The highest BCUT2D eigenvalue weighted by molar-refractivity contribution is 7.92. The number of nitro benzene ring substituents is 1. The maximum absolute atomic E-state index is 13.1. The molecule has 0 unspecified atom stereocenters. The second-order valence-corrected chi connectivity index (χ2v) is 8.83. The number of aromatic nitrogens is 2. The van der Waals surface area contributed by atoms with Gasteiger partial charge in [0.25, 0.3) is 5.69 Å². The van der Waals surface area contributed by atoms with Gasteiger partial charge in [-0.15, -0.1) is 0 Å². The van der Waals surface area contributed by atoms with Crippen molar-refractivity contribution >= 4 is 38.9 Å². The molecular formula is C18H17ClN4O6S. The largest absolute Gasteiger partial charge is 0.451 e. The van der Waals surface area contributed by atoms with Crippen LogP contribution in [0.5, 0.6) is 0 Å². The molecule has 0 N–H and O–H groups in total. The Hall–Kier alpha value is -3.18. The van der Waals surface area contributed by atoms with Crippen molar-refractivity contribution in [2.45, 2.75) is 13.8 Å². The van der Waals surface area contributed by atoms with E-state index in [1.807, 2.05) is 0 Å². The van der Waals surface area contributed by atoms with Gasteiger partial charge in [0.05, 0.1) is 28.1 Å². The molecule has 1 aromatic carbocycles. The van der Waals surface area contributed by atoms with Crippen molar-refractivity contribution in [1.29, 1.82) is 0 Å². The zero-order chi connectivity index (χ0) is 22.4. The van der Waals surface area contributed by atoms with Crippen molar-refractivity contribution in [2.75, 3.05) is 10.6 Å². The number of rotatable bonds is 5. The Bertz CT molecular complexity index is 1280. The lowest BCUT2D eigenvalue weighted by molar-refractivity contribution is -0.384. The number of benzene rings is 1. The number of hydrogen-bond acceptors (Lipinski definition) is 7. The highest BCUT2D eigenvalue weighted by atomic mass is 35.5. The monoisotopic (exact) mass is 452 g/mol. The first-order chi connectivity index (χ1) is 13.9. The summed E-state index contributed by atoms with van der Waals surface area (Å²) in [5.74, 6) is -1.23. The van der Waals surface area contributed by atoms with Gasteiger partial charge >= 0.3 is 5.91 Å². The highest BCUT2D eigenvalue weighted by Gasteiger charge is 2.33. The van der Waals surface area contributed by atoms with E-state index in [0.29, 0.717) is 15.7 Å². The third kappa shape index (κ3) is 3.81. The third-order valence-corrected chi connectivity index (χ3v) is 5.68. The van der Waals surface area contributed by atoms with Crippen LogP contribution in [0.25, 0.3) is 11.3 Å². The van der Waals surface area contributed by atoms with Crippen molar-refractivity contribution in [3.05, 3.63) is 62.6 Å². The fraction of sp³-hybridized carbons (Fsp3) is 0.222. The molecule has 0 saturated heterocycles. The smallest absolute Gasteiger partial charge is 0.307 e. The summed E-state index contributed by atoms with van der Waals surface area (Å²) < 4.78 is 32.5. The van der Waals surface area contributed by atoms with E-state index >= 15 is 0 Å². The molecule has 0 aliphatic rings. The fourth-order valence-corrected chi connectivity index (χ4v) is 4.19. The van der Waals surface area contributed by atoms with E-state index in [0.717, 1.165) is 12.3 Å². The Labute approximate surface area is 176 Å². The number of anilines is 1. The lowest BCUT2D eigenvalue weighted by Crippen LogP contribution is -2.36. The summed E-state index contributed by atoms with van der Waals surface area (Å²) >= 11 is 5.82. The van der Waals surface area contributed by atoms with E-state index in [4.69, 9.17) is 16.0 Å². The van der Waals surface area contributed by atoms with E-state index < -0.39 is 20.9 Å². The summed E-state index contributed by atoms with van der Waals surface area (Å²) in [5.41, 5.74) is 0.721. The van der Waals surface area contributed by atoms with Crippen LogP contribution in [0.4, 0.5) is 11.4 Å². The Morgan fingerprint density at radius 1 is 1.27 bits per heavy atom. The SMILES string of the molecule is Cc1nn(C)c(C)c1N(C(=O)c1ccc(-c2ccc(Cl)cc2[N+](=O)[O-])o1)S(C)(=O)=O. The minimum Gasteiger partial charge on any atom is -0.451 e.